The highest BCUT2D eigenvalue weighted by atomic mass is 16.5. The molecule has 5 rings (SSSR count). The smallest absolute Gasteiger partial charge is 0.256 e. The molecule has 206 valence electrons. The lowest BCUT2D eigenvalue weighted by atomic mass is 10.1. The van der Waals surface area contributed by atoms with Crippen LogP contribution in [0.15, 0.2) is 36.4 Å². The summed E-state index contributed by atoms with van der Waals surface area (Å²) < 4.78 is 22.1. The van der Waals surface area contributed by atoms with Gasteiger partial charge in [0.1, 0.15) is 5.82 Å². The van der Waals surface area contributed by atoms with Crippen molar-refractivity contribution >= 4 is 33.5 Å². The zero-order valence-corrected chi connectivity index (χ0v) is 23.3. The summed E-state index contributed by atoms with van der Waals surface area (Å²) in [6.07, 6.45) is 0. The normalized spacial score (nSPS) is 13.7. The molecule has 0 saturated carbocycles. The molecule has 1 saturated heterocycles. The van der Waals surface area contributed by atoms with Crippen molar-refractivity contribution in [3.63, 3.8) is 0 Å². The van der Waals surface area contributed by atoms with E-state index in [1.807, 2.05) is 36.1 Å². The molecular formula is C30H36N4O5. The number of hydrogen-bond donors (Lipinski definition) is 1. The van der Waals surface area contributed by atoms with E-state index in [1.165, 1.54) is 0 Å². The van der Waals surface area contributed by atoms with Crippen LogP contribution in [0.3, 0.4) is 0 Å². The molecule has 9 heteroatoms. The maximum Gasteiger partial charge on any atom is 0.256 e. The number of benzene rings is 2. The van der Waals surface area contributed by atoms with E-state index >= 15 is 0 Å². The van der Waals surface area contributed by atoms with Crippen molar-refractivity contribution in [3.8, 4) is 11.5 Å². The number of pyridine rings is 1. The minimum absolute atomic E-state index is 0.0563. The van der Waals surface area contributed by atoms with Gasteiger partial charge < -0.3 is 33.7 Å². The highest BCUT2D eigenvalue weighted by Crippen LogP contribution is 2.35. The molecule has 2 aromatic carbocycles. The standard InChI is InChI=1S/C30H36N4O5/c1-19-20(2)31-28-23(19)7-6-8-24(28)30(35)34(9-12-36-3)18-22-15-21-16-26(37-4)27(38-5)17-25(21)32-29(22)33-10-13-39-14-11-33/h6-8,15-17,31H,9-14,18H2,1-5H3. The van der Waals surface area contributed by atoms with Gasteiger partial charge in [-0.15, -0.1) is 0 Å². The van der Waals surface area contributed by atoms with E-state index in [0.29, 0.717) is 50.0 Å². The van der Waals surface area contributed by atoms with Gasteiger partial charge in [0.25, 0.3) is 5.91 Å². The number of methoxy groups -OCH3 is 3. The first-order valence-corrected chi connectivity index (χ1v) is 13.2. The van der Waals surface area contributed by atoms with E-state index < -0.39 is 0 Å². The minimum atomic E-state index is -0.0563. The van der Waals surface area contributed by atoms with Crippen molar-refractivity contribution in [2.75, 3.05) is 65.7 Å². The molecule has 0 bridgehead atoms. The lowest BCUT2D eigenvalue weighted by Crippen LogP contribution is -2.39. The van der Waals surface area contributed by atoms with Crippen LogP contribution in [0, 0.1) is 13.8 Å². The van der Waals surface area contributed by atoms with Crippen molar-refractivity contribution in [1.82, 2.24) is 14.9 Å². The first kappa shape index (κ1) is 26.8. The van der Waals surface area contributed by atoms with Gasteiger partial charge in [-0.25, -0.2) is 4.98 Å². The molecule has 9 nitrogen and oxygen atoms in total. The molecule has 0 radical (unpaired) electrons. The number of nitrogens with one attached hydrogen (secondary N) is 1. The number of fused-ring (bicyclic) bond motifs is 2. The predicted molar refractivity (Wildman–Crippen MR) is 152 cm³/mol. The first-order valence-electron chi connectivity index (χ1n) is 13.2. The van der Waals surface area contributed by atoms with Gasteiger partial charge in [-0.1, -0.05) is 12.1 Å². The van der Waals surface area contributed by atoms with Gasteiger partial charge in [-0.2, -0.15) is 0 Å². The van der Waals surface area contributed by atoms with E-state index in [0.717, 1.165) is 57.5 Å². The van der Waals surface area contributed by atoms with Crippen molar-refractivity contribution in [3.05, 3.63) is 58.8 Å². The maximum absolute atomic E-state index is 14.1. The molecule has 1 fully saturated rings. The number of ether oxygens (including phenoxy) is 4. The van der Waals surface area contributed by atoms with Crippen molar-refractivity contribution in [2.45, 2.75) is 20.4 Å². The Balaban J connectivity index is 1.59. The van der Waals surface area contributed by atoms with Crippen LogP contribution in [-0.2, 0) is 16.0 Å². The molecule has 1 aliphatic heterocycles. The number of anilines is 1. The van der Waals surface area contributed by atoms with Crippen LogP contribution in [0.1, 0.15) is 27.2 Å². The van der Waals surface area contributed by atoms with Crippen molar-refractivity contribution < 1.29 is 23.7 Å². The Morgan fingerprint density at radius 2 is 1.82 bits per heavy atom. The van der Waals surface area contributed by atoms with Crippen LogP contribution in [0.5, 0.6) is 11.5 Å². The number of morpholine rings is 1. The van der Waals surface area contributed by atoms with Gasteiger partial charge in [-0.05, 0) is 37.6 Å². The topological polar surface area (TPSA) is 89.2 Å². The molecule has 2 aromatic heterocycles. The van der Waals surface area contributed by atoms with Crippen molar-refractivity contribution in [1.29, 1.82) is 0 Å². The summed E-state index contributed by atoms with van der Waals surface area (Å²) in [6.45, 7) is 8.06. The minimum Gasteiger partial charge on any atom is -0.493 e. The Hall–Kier alpha value is -3.82. The summed E-state index contributed by atoms with van der Waals surface area (Å²) in [6, 6.07) is 11.8. The fraction of sp³-hybridized carbons (Fsp3) is 0.400. The number of carbonyl (C=O) groups is 1. The third-order valence-corrected chi connectivity index (χ3v) is 7.47. The fourth-order valence-corrected chi connectivity index (χ4v) is 5.19. The molecule has 1 amide bonds. The zero-order chi connectivity index (χ0) is 27.5. The summed E-state index contributed by atoms with van der Waals surface area (Å²) in [7, 11) is 4.89. The van der Waals surface area contributed by atoms with E-state index in [1.54, 1.807) is 21.3 Å². The van der Waals surface area contributed by atoms with Crippen LogP contribution in [0.4, 0.5) is 5.82 Å². The quantitative estimate of drug-likeness (QED) is 0.340. The number of nitrogens with zero attached hydrogens (tertiary/aromatic N) is 3. The van der Waals surface area contributed by atoms with Gasteiger partial charge in [-0.3, -0.25) is 4.79 Å². The van der Waals surface area contributed by atoms with Gasteiger partial charge in [0.15, 0.2) is 11.5 Å². The van der Waals surface area contributed by atoms with Crippen LogP contribution in [0.2, 0.25) is 0 Å². The highest BCUT2D eigenvalue weighted by Gasteiger charge is 2.24. The lowest BCUT2D eigenvalue weighted by molar-refractivity contribution is 0.0682. The molecule has 0 unspecified atom stereocenters. The van der Waals surface area contributed by atoms with E-state index in [-0.39, 0.29) is 5.91 Å². The van der Waals surface area contributed by atoms with Crippen molar-refractivity contribution in [2.24, 2.45) is 0 Å². The Labute approximate surface area is 228 Å². The Morgan fingerprint density at radius 3 is 2.54 bits per heavy atom. The zero-order valence-electron chi connectivity index (χ0n) is 23.3. The molecule has 0 spiro atoms. The number of aromatic nitrogens is 2. The number of aromatic amines is 1. The largest absolute Gasteiger partial charge is 0.493 e. The Kier molecular flexibility index (Phi) is 7.90. The van der Waals surface area contributed by atoms with E-state index in [9.17, 15) is 4.79 Å². The van der Waals surface area contributed by atoms with Crippen LogP contribution in [-0.4, -0.2) is 81.6 Å². The predicted octanol–water partition coefficient (Wildman–Crippen LogP) is 4.48. The van der Waals surface area contributed by atoms with Gasteiger partial charge >= 0.3 is 0 Å². The van der Waals surface area contributed by atoms with Crippen LogP contribution < -0.4 is 14.4 Å². The molecule has 4 aromatic rings. The lowest BCUT2D eigenvalue weighted by Gasteiger charge is -2.31. The monoisotopic (exact) mass is 532 g/mol. The van der Waals surface area contributed by atoms with Gasteiger partial charge in [0.2, 0.25) is 0 Å². The number of carbonyl (C=O) groups excluding carboxylic acids is 1. The summed E-state index contributed by atoms with van der Waals surface area (Å²) in [5, 5.41) is 1.98. The summed E-state index contributed by atoms with van der Waals surface area (Å²) in [5.41, 5.74) is 5.48. The summed E-state index contributed by atoms with van der Waals surface area (Å²) in [4.78, 5) is 26.7. The second-order valence-electron chi connectivity index (χ2n) is 9.79. The fourth-order valence-electron chi connectivity index (χ4n) is 5.19. The second kappa shape index (κ2) is 11.5. The summed E-state index contributed by atoms with van der Waals surface area (Å²) >= 11 is 0. The molecular weight excluding hydrogens is 496 g/mol. The molecule has 3 heterocycles. The number of hydrogen-bond acceptors (Lipinski definition) is 7. The third kappa shape index (κ3) is 5.24. The number of aryl methyl sites for hydroxylation is 2. The van der Waals surface area contributed by atoms with Gasteiger partial charge in [0.05, 0.1) is 50.6 Å². The molecule has 39 heavy (non-hydrogen) atoms. The van der Waals surface area contributed by atoms with Gasteiger partial charge in [0, 0.05) is 61.4 Å². The second-order valence-corrected chi connectivity index (χ2v) is 9.79. The van der Waals surface area contributed by atoms with Crippen LogP contribution in [0.25, 0.3) is 21.8 Å². The number of rotatable bonds is 9. The molecule has 0 atom stereocenters. The van der Waals surface area contributed by atoms with E-state index in [4.69, 9.17) is 23.9 Å². The van der Waals surface area contributed by atoms with Crippen LogP contribution >= 0.6 is 0 Å². The first-order chi connectivity index (χ1) is 18.9. The number of amides is 1. The van der Waals surface area contributed by atoms with E-state index in [2.05, 4.69) is 28.9 Å². The SMILES string of the molecule is COCCN(Cc1cc2cc(OC)c(OC)cc2nc1N1CCOCC1)C(=O)c1cccc2c(C)c(C)[nH]c12. The molecule has 0 aliphatic carbocycles. The Morgan fingerprint density at radius 1 is 1.08 bits per heavy atom. The molecule has 1 N–H and O–H groups in total. The average Bonchev–Trinajstić information content (AvgIpc) is 3.27. The average molecular weight is 533 g/mol. The number of para-hydroxylation sites is 1. The molecule has 1 aliphatic rings. The summed E-state index contributed by atoms with van der Waals surface area (Å²) in [5.74, 6) is 2.05. The Bertz CT molecular complexity index is 1490. The third-order valence-electron chi connectivity index (χ3n) is 7.47. The highest BCUT2D eigenvalue weighted by molar-refractivity contribution is 6.06. The number of H-pyrrole nitrogens is 1. The maximum atomic E-state index is 14.1.